The number of hydrogen-bond donors (Lipinski definition) is 1. The van der Waals surface area contributed by atoms with Gasteiger partial charge in [-0.15, -0.1) is 0 Å². The van der Waals surface area contributed by atoms with Gasteiger partial charge in [-0.05, 0) is 31.4 Å². The first-order valence-electron chi connectivity index (χ1n) is 6.63. The number of pyridine rings is 1. The molecule has 1 saturated carbocycles. The van der Waals surface area contributed by atoms with Gasteiger partial charge in [0.25, 0.3) is 5.91 Å². The number of carboxylic acids is 1. The number of unbranched alkanes of at least 4 members (excludes halogenated alkanes) is 1. The van der Waals surface area contributed by atoms with E-state index in [0.717, 1.165) is 32.2 Å². The second kappa shape index (κ2) is 5.82. The first-order chi connectivity index (χ1) is 9.13. The zero-order valence-electron chi connectivity index (χ0n) is 11.0. The Kier molecular flexibility index (Phi) is 4.14. The van der Waals surface area contributed by atoms with Gasteiger partial charge in [0.1, 0.15) is 5.69 Å². The molecule has 0 bridgehead atoms. The predicted octanol–water partition coefficient (Wildman–Crippen LogP) is 2.18. The summed E-state index contributed by atoms with van der Waals surface area (Å²) in [5.74, 6) is -1.19. The molecule has 0 radical (unpaired) electrons. The predicted molar refractivity (Wildman–Crippen MR) is 70.2 cm³/mol. The molecule has 0 spiro atoms. The van der Waals surface area contributed by atoms with Crippen molar-refractivity contribution < 1.29 is 14.7 Å². The zero-order chi connectivity index (χ0) is 13.8. The third-order valence-corrected chi connectivity index (χ3v) is 3.23. The Bertz CT molecular complexity index is 483. The van der Waals surface area contributed by atoms with Crippen molar-refractivity contribution in [1.82, 2.24) is 9.88 Å². The Morgan fingerprint density at radius 2 is 2.21 bits per heavy atom. The Hall–Kier alpha value is -1.91. The summed E-state index contributed by atoms with van der Waals surface area (Å²) in [6.45, 7) is 2.80. The van der Waals surface area contributed by atoms with Gasteiger partial charge in [0, 0.05) is 18.8 Å². The average Bonchev–Trinajstić information content (AvgIpc) is 3.23. The highest BCUT2D eigenvalue weighted by molar-refractivity contribution is 5.96. The van der Waals surface area contributed by atoms with E-state index in [4.69, 9.17) is 5.11 Å². The van der Waals surface area contributed by atoms with Gasteiger partial charge in [0.2, 0.25) is 0 Å². The maximum Gasteiger partial charge on any atom is 0.335 e. The van der Waals surface area contributed by atoms with Crippen LogP contribution >= 0.6 is 0 Å². The van der Waals surface area contributed by atoms with Gasteiger partial charge in [0.15, 0.2) is 0 Å². The van der Waals surface area contributed by atoms with E-state index in [9.17, 15) is 9.59 Å². The van der Waals surface area contributed by atoms with Crippen LogP contribution in [0.5, 0.6) is 0 Å². The van der Waals surface area contributed by atoms with Crippen LogP contribution in [0.15, 0.2) is 18.3 Å². The lowest BCUT2D eigenvalue weighted by atomic mass is 10.2. The topological polar surface area (TPSA) is 70.5 Å². The molecule has 0 unspecified atom stereocenters. The monoisotopic (exact) mass is 262 g/mol. The molecule has 1 aromatic rings. The third kappa shape index (κ3) is 3.30. The summed E-state index contributed by atoms with van der Waals surface area (Å²) < 4.78 is 0. The largest absolute Gasteiger partial charge is 0.478 e. The quantitative estimate of drug-likeness (QED) is 0.853. The van der Waals surface area contributed by atoms with Gasteiger partial charge in [-0.3, -0.25) is 9.78 Å². The number of hydrogen-bond acceptors (Lipinski definition) is 3. The smallest absolute Gasteiger partial charge is 0.335 e. The van der Waals surface area contributed by atoms with Crippen LogP contribution in [-0.4, -0.2) is 39.5 Å². The number of aromatic nitrogens is 1. The number of rotatable bonds is 6. The Morgan fingerprint density at radius 1 is 1.47 bits per heavy atom. The average molecular weight is 262 g/mol. The second-order valence-corrected chi connectivity index (χ2v) is 4.82. The van der Waals surface area contributed by atoms with Crippen molar-refractivity contribution >= 4 is 11.9 Å². The lowest BCUT2D eigenvalue weighted by Crippen LogP contribution is -2.34. The van der Waals surface area contributed by atoms with Gasteiger partial charge in [-0.1, -0.05) is 13.3 Å². The Morgan fingerprint density at radius 3 is 2.79 bits per heavy atom. The van der Waals surface area contributed by atoms with Crippen LogP contribution in [0.2, 0.25) is 0 Å². The van der Waals surface area contributed by atoms with E-state index in [-0.39, 0.29) is 17.2 Å². The van der Waals surface area contributed by atoms with Gasteiger partial charge >= 0.3 is 5.97 Å². The highest BCUT2D eigenvalue weighted by Gasteiger charge is 2.33. The Balaban J connectivity index is 2.16. The van der Waals surface area contributed by atoms with Crippen molar-refractivity contribution in [3.05, 3.63) is 29.6 Å². The molecule has 0 aliphatic heterocycles. The molecule has 1 N–H and O–H groups in total. The highest BCUT2D eigenvalue weighted by Crippen LogP contribution is 2.28. The summed E-state index contributed by atoms with van der Waals surface area (Å²) in [4.78, 5) is 29.1. The van der Waals surface area contributed by atoms with E-state index in [2.05, 4.69) is 11.9 Å². The van der Waals surface area contributed by atoms with Crippen molar-refractivity contribution in [1.29, 1.82) is 0 Å². The molecule has 1 aliphatic carbocycles. The lowest BCUT2D eigenvalue weighted by molar-refractivity contribution is 0.0696. The molecule has 1 aliphatic rings. The van der Waals surface area contributed by atoms with Crippen molar-refractivity contribution in [2.75, 3.05) is 6.54 Å². The van der Waals surface area contributed by atoms with Gasteiger partial charge in [-0.2, -0.15) is 0 Å². The maximum atomic E-state index is 12.4. The van der Waals surface area contributed by atoms with Crippen LogP contribution in [0, 0.1) is 0 Å². The summed E-state index contributed by atoms with van der Waals surface area (Å²) in [7, 11) is 0. The number of amides is 1. The van der Waals surface area contributed by atoms with E-state index in [0.29, 0.717) is 6.04 Å². The summed E-state index contributed by atoms with van der Waals surface area (Å²) in [5.41, 5.74) is 0.326. The Labute approximate surface area is 112 Å². The summed E-state index contributed by atoms with van der Waals surface area (Å²) in [5, 5.41) is 8.94. The molecule has 0 atom stereocenters. The van der Waals surface area contributed by atoms with Gasteiger partial charge in [-0.25, -0.2) is 4.79 Å². The lowest BCUT2D eigenvalue weighted by Gasteiger charge is -2.21. The minimum Gasteiger partial charge on any atom is -0.478 e. The summed E-state index contributed by atoms with van der Waals surface area (Å²) in [6.07, 6.45) is 5.43. The molecule has 1 fully saturated rings. The fourth-order valence-electron chi connectivity index (χ4n) is 1.99. The third-order valence-electron chi connectivity index (χ3n) is 3.23. The minimum atomic E-state index is -1.04. The number of carbonyl (C=O) groups is 2. The number of nitrogens with zero attached hydrogens (tertiary/aromatic N) is 2. The van der Waals surface area contributed by atoms with E-state index in [1.807, 2.05) is 4.90 Å². The molecule has 19 heavy (non-hydrogen) atoms. The van der Waals surface area contributed by atoms with Crippen LogP contribution in [0.3, 0.4) is 0 Å². The molecule has 1 amide bonds. The van der Waals surface area contributed by atoms with Crippen LogP contribution in [0.4, 0.5) is 0 Å². The SMILES string of the molecule is CCCCN(C(=O)c1cc(C(=O)O)ccn1)C1CC1. The summed E-state index contributed by atoms with van der Waals surface area (Å²) in [6, 6.07) is 3.06. The molecule has 2 rings (SSSR count). The van der Waals surface area contributed by atoms with Crippen LogP contribution in [-0.2, 0) is 0 Å². The van der Waals surface area contributed by atoms with Crippen molar-refractivity contribution in [2.24, 2.45) is 0 Å². The van der Waals surface area contributed by atoms with E-state index in [1.165, 1.54) is 18.3 Å². The normalized spacial score (nSPS) is 14.2. The molecule has 1 heterocycles. The van der Waals surface area contributed by atoms with E-state index in [1.54, 1.807) is 0 Å². The summed E-state index contributed by atoms with van der Waals surface area (Å²) >= 11 is 0. The van der Waals surface area contributed by atoms with Crippen LogP contribution < -0.4 is 0 Å². The van der Waals surface area contributed by atoms with Crippen LogP contribution in [0.1, 0.15) is 53.5 Å². The van der Waals surface area contributed by atoms with Crippen molar-refractivity contribution in [3.8, 4) is 0 Å². The molecular formula is C14H18N2O3. The molecule has 5 nitrogen and oxygen atoms in total. The molecule has 0 saturated heterocycles. The van der Waals surface area contributed by atoms with E-state index >= 15 is 0 Å². The van der Waals surface area contributed by atoms with Gasteiger partial charge in [0.05, 0.1) is 5.56 Å². The number of carbonyl (C=O) groups excluding carboxylic acids is 1. The molecule has 1 aromatic heterocycles. The van der Waals surface area contributed by atoms with Crippen molar-refractivity contribution in [3.63, 3.8) is 0 Å². The number of carboxylic acid groups (broad SMARTS) is 1. The number of aromatic carboxylic acids is 1. The fourth-order valence-corrected chi connectivity index (χ4v) is 1.99. The molecular weight excluding hydrogens is 244 g/mol. The molecule has 102 valence electrons. The molecule has 5 heteroatoms. The first kappa shape index (κ1) is 13.5. The van der Waals surface area contributed by atoms with Crippen molar-refractivity contribution in [2.45, 2.75) is 38.6 Å². The zero-order valence-corrected chi connectivity index (χ0v) is 11.0. The second-order valence-electron chi connectivity index (χ2n) is 4.82. The first-order valence-corrected chi connectivity index (χ1v) is 6.63. The standard InChI is InChI=1S/C14H18N2O3/c1-2-3-8-16(11-4-5-11)13(17)12-9-10(14(18)19)6-7-15-12/h6-7,9,11H,2-5,8H2,1H3,(H,18,19). The minimum absolute atomic E-state index is 0.101. The van der Waals surface area contributed by atoms with Gasteiger partial charge < -0.3 is 10.0 Å². The molecule has 0 aromatic carbocycles. The maximum absolute atomic E-state index is 12.4. The van der Waals surface area contributed by atoms with Crippen LogP contribution in [0.25, 0.3) is 0 Å². The fraction of sp³-hybridized carbons (Fsp3) is 0.500. The highest BCUT2D eigenvalue weighted by atomic mass is 16.4. The van der Waals surface area contributed by atoms with E-state index < -0.39 is 5.97 Å².